The molecule has 2 amide bonds. The summed E-state index contributed by atoms with van der Waals surface area (Å²) in [5.41, 5.74) is 0. The van der Waals surface area contributed by atoms with Crippen LogP contribution in [0.5, 0.6) is 0 Å². The predicted molar refractivity (Wildman–Crippen MR) is 119 cm³/mol. The lowest BCUT2D eigenvalue weighted by molar-refractivity contribution is -0.142. The predicted octanol–water partition coefficient (Wildman–Crippen LogP) is 2.81. The van der Waals surface area contributed by atoms with Gasteiger partial charge in [-0.25, -0.2) is 4.79 Å². The van der Waals surface area contributed by atoms with Gasteiger partial charge in [0.15, 0.2) is 0 Å². The number of carbonyl (C=O) groups is 4. The molecule has 0 radical (unpaired) electrons. The van der Waals surface area contributed by atoms with Crippen LogP contribution in [0.3, 0.4) is 0 Å². The summed E-state index contributed by atoms with van der Waals surface area (Å²) < 4.78 is 10.6. The summed E-state index contributed by atoms with van der Waals surface area (Å²) >= 11 is 8.76. The number of fused-ring (bicyclic) bond motifs is 1. The fourth-order valence-electron chi connectivity index (χ4n) is 2.78. The van der Waals surface area contributed by atoms with E-state index in [-0.39, 0.29) is 24.8 Å². The Morgan fingerprint density at radius 1 is 1.29 bits per heavy atom. The third kappa shape index (κ3) is 5.78. The summed E-state index contributed by atoms with van der Waals surface area (Å²) in [5, 5.41) is 4.16. The van der Waals surface area contributed by atoms with Gasteiger partial charge >= 0.3 is 11.9 Å². The van der Waals surface area contributed by atoms with E-state index in [4.69, 9.17) is 16.3 Å². The van der Waals surface area contributed by atoms with Gasteiger partial charge in [-0.2, -0.15) is 0 Å². The van der Waals surface area contributed by atoms with Crippen LogP contribution in [0.2, 0.25) is 5.02 Å². The minimum Gasteiger partial charge on any atom is -0.466 e. The Morgan fingerprint density at radius 3 is 2.81 bits per heavy atom. The maximum atomic E-state index is 12.3. The van der Waals surface area contributed by atoms with Gasteiger partial charge in [0.05, 0.1) is 35.6 Å². The zero-order valence-corrected chi connectivity index (χ0v) is 18.9. The molecule has 1 aliphatic heterocycles. The maximum absolute atomic E-state index is 12.3. The van der Waals surface area contributed by atoms with Gasteiger partial charge in [-0.05, 0) is 12.5 Å². The molecule has 11 heteroatoms. The molecule has 1 fully saturated rings. The van der Waals surface area contributed by atoms with Crippen LogP contribution in [-0.2, 0) is 23.9 Å². The van der Waals surface area contributed by atoms with E-state index in [1.807, 2.05) is 24.3 Å². The fraction of sp³-hybridized carbons (Fsp3) is 0.300. The van der Waals surface area contributed by atoms with Gasteiger partial charge < -0.3 is 19.7 Å². The number of hydrogen-bond acceptors (Lipinski definition) is 8. The van der Waals surface area contributed by atoms with E-state index in [1.165, 1.54) is 41.2 Å². The van der Waals surface area contributed by atoms with E-state index in [9.17, 15) is 19.2 Å². The molecule has 1 aromatic carbocycles. The highest BCUT2D eigenvalue weighted by Gasteiger charge is 2.27. The average molecular weight is 483 g/mol. The van der Waals surface area contributed by atoms with Crippen LogP contribution < -0.4 is 5.32 Å². The number of halogens is 1. The highest BCUT2D eigenvalue weighted by atomic mass is 35.5. The molecule has 2 aromatic rings. The highest BCUT2D eigenvalue weighted by molar-refractivity contribution is 8.04. The average Bonchev–Trinajstić information content (AvgIpc) is 3.29. The number of benzene rings is 1. The Kier molecular flexibility index (Phi) is 7.94. The minimum absolute atomic E-state index is 0.0678. The molecule has 1 aromatic heterocycles. The van der Waals surface area contributed by atoms with Gasteiger partial charge in [-0.3, -0.25) is 14.4 Å². The summed E-state index contributed by atoms with van der Waals surface area (Å²) in [4.78, 5) is 49.4. The summed E-state index contributed by atoms with van der Waals surface area (Å²) in [7, 11) is 1.26. The summed E-state index contributed by atoms with van der Waals surface area (Å²) in [5.74, 6) is -1.46. The van der Waals surface area contributed by atoms with Crippen molar-refractivity contribution in [2.45, 2.75) is 6.42 Å². The topological polar surface area (TPSA) is 102 Å². The van der Waals surface area contributed by atoms with Crippen LogP contribution >= 0.6 is 34.7 Å². The van der Waals surface area contributed by atoms with Crippen LogP contribution in [0.15, 0.2) is 35.4 Å². The lowest BCUT2D eigenvalue weighted by Crippen LogP contribution is -2.31. The van der Waals surface area contributed by atoms with Crippen molar-refractivity contribution in [3.63, 3.8) is 0 Å². The number of amides is 2. The van der Waals surface area contributed by atoms with Crippen LogP contribution in [0, 0.1) is 0 Å². The Hall–Kier alpha value is -2.56. The first-order chi connectivity index (χ1) is 14.9. The third-order valence-electron chi connectivity index (χ3n) is 4.28. The highest BCUT2D eigenvalue weighted by Crippen LogP contribution is 2.35. The lowest BCUT2D eigenvalue weighted by atomic mass is 10.2. The second kappa shape index (κ2) is 10.7. The molecule has 1 aliphatic rings. The number of thiophene rings is 1. The molecule has 0 unspecified atom stereocenters. The van der Waals surface area contributed by atoms with Gasteiger partial charge in [-0.1, -0.05) is 41.6 Å². The summed E-state index contributed by atoms with van der Waals surface area (Å²) in [6.45, 7) is 0.0688. The number of nitrogens with one attached hydrogen (secondary N) is 1. The quantitative estimate of drug-likeness (QED) is 0.350. The summed E-state index contributed by atoms with van der Waals surface area (Å²) in [6.07, 6.45) is 1.64. The molecule has 0 aliphatic carbocycles. The molecule has 0 bridgehead atoms. The number of hydrogen-bond donors (Lipinski definition) is 1. The lowest BCUT2D eigenvalue weighted by Gasteiger charge is -2.16. The van der Waals surface area contributed by atoms with Gasteiger partial charge in [0, 0.05) is 16.6 Å². The molecule has 164 valence electrons. The second-order valence-corrected chi connectivity index (χ2v) is 8.76. The van der Waals surface area contributed by atoms with Crippen molar-refractivity contribution in [2.24, 2.45) is 0 Å². The Morgan fingerprint density at radius 2 is 2.06 bits per heavy atom. The monoisotopic (exact) mass is 482 g/mol. The molecule has 1 saturated heterocycles. The Labute approximate surface area is 191 Å². The fourth-order valence-corrected chi connectivity index (χ4v) is 5.17. The van der Waals surface area contributed by atoms with E-state index in [1.54, 1.807) is 0 Å². The zero-order chi connectivity index (χ0) is 22.4. The largest absolute Gasteiger partial charge is 0.466 e. The molecule has 0 atom stereocenters. The molecule has 3 rings (SSSR count). The molecule has 31 heavy (non-hydrogen) atoms. The molecular formula is C20H19ClN2O6S2. The molecule has 2 heterocycles. The molecule has 1 N–H and O–H groups in total. The number of thioether (sulfide) groups is 1. The van der Waals surface area contributed by atoms with Crippen LogP contribution in [0.4, 0.5) is 0 Å². The Balaban J connectivity index is 1.42. The standard InChI is InChI=1S/C20H19ClN2O6S2/c1-28-16(25)9-15-23(14(24)11-30-15)7-4-8-29-17(26)10-22-20(27)19-18(21)12-5-2-3-6-13(12)31-19/h2-3,5-6,9H,4,7-8,10-11H2,1H3,(H,22,27)/b15-9+. The SMILES string of the molecule is COC(=O)/C=C1/SCC(=O)N1CCCOC(=O)CNC(=O)c1sc2ccccc2c1Cl. The van der Waals surface area contributed by atoms with Crippen molar-refractivity contribution < 1.29 is 28.7 Å². The van der Waals surface area contributed by atoms with Gasteiger partial charge in [0.1, 0.15) is 11.4 Å². The minimum atomic E-state index is -0.599. The van der Waals surface area contributed by atoms with Crippen molar-refractivity contribution >= 4 is 68.5 Å². The van der Waals surface area contributed by atoms with E-state index in [0.29, 0.717) is 27.9 Å². The molecule has 0 spiro atoms. The van der Waals surface area contributed by atoms with Crippen LogP contribution in [-0.4, -0.2) is 61.2 Å². The number of methoxy groups -OCH3 is 1. The van der Waals surface area contributed by atoms with Gasteiger partial charge in [-0.15, -0.1) is 11.3 Å². The second-order valence-electron chi connectivity index (χ2n) is 6.34. The number of rotatable bonds is 8. The van der Waals surface area contributed by atoms with Crippen molar-refractivity contribution in [3.8, 4) is 0 Å². The molecule has 0 saturated carbocycles. The van der Waals surface area contributed by atoms with Crippen LogP contribution in [0.1, 0.15) is 16.1 Å². The first-order valence-corrected chi connectivity index (χ1v) is 11.4. The van der Waals surface area contributed by atoms with E-state index < -0.39 is 17.8 Å². The smallest absolute Gasteiger partial charge is 0.333 e. The third-order valence-corrected chi connectivity index (χ3v) is 6.98. The van der Waals surface area contributed by atoms with Crippen LogP contribution in [0.25, 0.3) is 10.1 Å². The number of carbonyl (C=O) groups excluding carboxylic acids is 4. The zero-order valence-electron chi connectivity index (χ0n) is 16.5. The van der Waals surface area contributed by atoms with Gasteiger partial charge in [0.2, 0.25) is 5.91 Å². The van der Waals surface area contributed by atoms with E-state index in [0.717, 1.165) is 10.1 Å². The number of esters is 2. The summed E-state index contributed by atoms with van der Waals surface area (Å²) in [6, 6.07) is 7.39. The van der Waals surface area contributed by atoms with Crippen molar-refractivity contribution in [1.82, 2.24) is 10.2 Å². The van der Waals surface area contributed by atoms with E-state index >= 15 is 0 Å². The Bertz CT molecular complexity index is 1050. The molecule has 8 nitrogen and oxygen atoms in total. The number of ether oxygens (including phenoxy) is 2. The van der Waals surface area contributed by atoms with Crippen molar-refractivity contribution in [2.75, 3.05) is 32.6 Å². The van der Waals surface area contributed by atoms with Gasteiger partial charge in [0.25, 0.3) is 5.91 Å². The maximum Gasteiger partial charge on any atom is 0.333 e. The van der Waals surface area contributed by atoms with Crippen molar-refractivity contribution in [3.05, 3.63) is 45.3 Å². The first kappa shape index (κ1) is 23.1. The van der Waals surface area contributed by atoms with E-state index in [2.05, 4.69) is 10.1 Å². The normalized spacial score (nSPS) is 14.8. The number of nitrogens with zero attached hydrogens (tertiary/aromatic N) is 1. The first-order valence-electron chi connectivity index (χ1n) is 9.24. The van der Waals surface area contributed by atoms with Crippen molar-refractivity contribution in [1.29, 1.82) is 0 Å². The molecular weight excluding hydrogens is 464 g/mol.